The first-order valence-corrected chi connectivity index (χ1v) is 8.45. The van der Waals surface area contributed by atoms with Gasteiger partial charge in [0, 0.05) is 30.2 Å². The van der Waals surface area contributed by atoms with Crippen molar-refractivity contribution < 1.29 is 9.47 Å². The van der Waals surface area contributed by atoms with Crippen molar-refractivity contribution >= 4 is 22.4 Å². The number of rotatable bonds is 2. The average Bonchev–Trinajstić information content (AvgIpc) is 3.11. The number of aromatic nitrogens is 3. The van der Waals surface area contributed by atoms with Crippen molar-refractivity contribution in [2.75, 3.05) is 43.6 Å². The van der Waals surface area contributed by atoms with Gasteiger partial charge in [-0.2, -0.15) is 0 Å². The van der Waals surface area contributed by atoms with Gasteiger partial charge in [0.15, 0.2) is 11.6 Å². The summed E-state index contributed by atoms with van der Waals surface area (Å²) in [7, 11) is 1.68. The van der Waals surface area contributed by atoms with Crippen LogP contribution in [0.25, 0.3) is 22.3 Å². The predicted molar refractivity (Wildman–Crippen MR) is 96.3 cm³/mol. The molecular weight excluding hydrogens is 318 g/mol. The molecule has 2 aromatic heterocycles. The number of hydrogen-bond donors (Lipinski definition) is 2. The largest absolute Gasteiger partial charge is 0.495 e. The van der Waals surface area contributed by atoms with Gasteiger partial charge in [-0.1, -0.05) is 12.1 Å². The minimum absolute atomic E-state index is 0.326. The molecule has 0 saturated carbocycles. The monoisotopic (exact) mass is 337 g/mol. The Hall–Kier alpha value is -2.80. The summed E-state index contributed by atoms with van der Waals surface area (Å²) in [5, 5.41) is 4.47. The number of aromatic amines is 1. The lowest BCUT2D eigenvalue weighted by atomic mass is 10.1. The van der Waals surface area contributed by atoms with Crippen LogP contribution in [0.5, 0.6) is 5.75 Å². The van der Waals surface area contributed by atoms with E-state index in [1.54, 1.807) is 7.11 Å². The number of anilines is 2. The summed E-state index contributed by atoms with van der Waals surface area (Å²) in [6.07, 6.45) is 3.82. The third-order valence-corrected chi connectivity index (χ3v) is 4.93. The van der Waals surface area contributed by atoms with E-state index in [0.29, 0.717) is 11.9 Å². The Balaban J connectivity index is 1.62. The minimum Gasteiger partial charge on any atom is -0.495 e. The zero-order valence-electron chi connectivity index (χ0n) is 14.0. The summed E-state index contributed by atoms with van der Waals surface area (Å²) in [6.45, 7) is 3.19. The van der Waals surface area contributed by atoms with E-state index in [1.165, 1.54) is 0 Å². The number of H-pyrrole nitrogens is 1. The van der Waals surface area contributed by atoms with Gasteiger partial charge in [0.2, 0.25) is 0 Å². The van der Waals surface area contributed by atoms with Gasteiger partial charge >= 0.3 is 0 Å². The van der Waals surface area contributed by atoms with E-state index in [0.717, 1.165) is 60.0 Å². The highest BCUT2D eigenvalue weighted by molar-refractivity contribution is 5.97. The molecule has 1 atom stereocenters. The Kier molecular flexibility index (Phi) is 3.27. The number of fused-ring (bicyclic) bond motifs is 4. The highest BCUT2D eigenvalue weighted by Gasteiger charge is 2.30. The molecule has 0 radical (unpaired) electrons. The second kappa shape index (κ2) is 5.63. The number of benzene rings is 1. The average molecular weight is 337 g/mol. The first-order valence-electron chi connectivity index (χ1n) is 8.45. The van der Waals surface area contributed by atoms with Gasteiger partial charge in [-0.3, -0.25) is 0 Å². The molecule has 4 heterocycles. The van der Waals surface area contributed by atoms with E-state index in [-0.39, 0.29) is 0 Å². The zero-order valence-corrected chi connectivity index (χ0v) is 14.0. The molecule has 3 aromatic rings. The van der Waals surface area contributed by atoms with Gasteiger partial charge in [0.1, 0.15) is 5.75 Å². The first-order chi connectivity index (χ1) is 12.3. The Morgan fingerprint density at radius 1 is 1.36 bits per heavy atom. The molecule has 1 saturated heterocycles. The molecule has 2 aliphatic rings. The third-order valence-electron chi connectivity index (χ3n) is 4.93. The molecular formula is C18H19N5O2. The van der Waals surface area contributed by atoms with Crippen molar-refractivity contribution in [3.8, 4) is 17.1 Å². The number of para-hydroxylation sites is 1. The fourth-order valence-corrected chi connectivity index (χ4v) is 3.66. The summed E-state index contributed by atoms with van der Waals surface area (Å²) >= 11 is 0. The van der Waals surface area contributed by atoms with Crippen LogP contribution in [-0.2, 0) is 4.74 Å². The Morgan fingerprint density at radius 3 is 3.24 bits per heavy atom. The molecule has 128 valence electrons. The summed E-state index contributed by atoms with van der Waals surface area (Å²) in [6, 6.07) is 6.31. The Morgan fingerprint density at radius 2 is 2.32 bits per heavy atom. The maximum Gasteiger partial charge on any atom is 0.163 e. The Bertz CT molecular complexity index is 938. The second-order valence-electron chi connectivity index (χ2n) is 6.32. The molecule has 5 rings (SSSR count). The summed E-state index contributed by atoms with van der Waals surface area (Å²) in [5.74, 6) is 2.49. The molecule has 1 fully saturated rings. The number of methoxy groups -OCH3 is 1. The van der Waals surface area contributed by atoms with E-state index in [2.05, 4.69) is 26.3 Å². The summed E-state index contributed by atoms with van der Waals surface area (Å²) in [4.78, 5) is 15.1. The quantitative estimate of drug-likeness (QED) is 0.747. The van der Waals surface area contributed by atoms with Crippen LogP contribution in [0, 0.1) is 0 Å². The van der Waals surface area contributed by atoms with E-state index in [1.807, 2.05) is 24.5 Å². The van der Waals surface area contributed by atoms with Gasteiger partial charge < -0.3 is 24.7 Å². The van der Waals surface area contributed by atoms with Gasteiger partial charge in [-0.05, 0) is 6.07 Å². The molecule has 0 spiro atoms. The van der Waals surface area contributed by atoms with Gasteiger partial charge in [-0.25, -0.2) is 9.97 Å². The van der Waals surface area contributed by atoms with Crippen LogP contribution in [-0.4, -0.2) is 54.4 Å². The molecule has 0 bridgehead atoms. The molecule has 25 heavy (non-hydrogen) atoms. The van der Waals surface area contributed by atoms with Crippen LogP contribution in [0.1, 0.15) is 0 Å². The predicted octanol–water partition coefficient (Wildman–Crippen LogP) is 2.26. The lowest BCUT2D eigenvalue weighted by Gasteiger charge is -2.41. The molecule has 7 nitrogen and oxygen atoms in total. The van der Waals surface area contributed by atoms with Crippen LogP contribution in [0.3, 0.4) is 0 Å². The molecule has 1 aromatic carbocycles. The fourth-order valence-electron chi connectivity index (χ4n) is 3.66. The molecule has 0 amide bonds. The van der Waals surface area contributed by atoms with Gasteiger partial charge in [0.05, 0.1) is 43.8 Å². The Labute approximate surface area is 145 Å². The van der Waals surface area contributed by atoms with Crippen LogP contribution >= 0.6 is 0 Å². The fraction of sp³-hybridized carbons (Fsp3) is 0.333. The van der Waals surface area contributed by atoms with Crippen molar-refractivity contribution in [1.29, 1.82) is 0 Å². The molecule has 0 aliphatic carbocycles. The zero-order chi connectivity index (χ0) is 16.8. The lowest BCUT2D eigenvalue weighted by Crippen LogP contribution is -2.52. The maximum atomic E-state index is 5.60. The van der Waals surface area contributed by atoms with Crippen LogP contribution in [0.2, 0.25) is 0 Å². The normalized spacial score (nSPS) is 19.2. The van der Waals surface area contributed by atoms with Crippen molar-refractivity contribution in [3.63, 3.8) is 0 Å². The highest BCUT2D eigenvalue weighted by atomic mass is 16.5. The van der Waals surface area contributed by atoms with Crippen molar-refractivity contribution in [1.82, 2.24) is 15.0 Å². The van der Waals surface area contributed by atoms with Crippen LogP contribution < -0.4 is 15.0 Å². The van der Waals surface area contributed by atoms with Gasteiger partial charge in [0.25, 0.3) is 0 Å². The van der Waals surface area contributed by atoms with E-state index < -0.39 is 0 Å². The molecule has 7 heteroatoms. The number of nitrogens with one attached hydrogen (secondary N) is 2. The van der Waals surface area contributed by atoms with Crippen molar-refractivity contribution in [2.45, 2.75) is 6.04 Å². The second-order valence-corrected chi connectivity index (χ2v) is 6.32. The van der Waals surface area contributed by atoms with E-state index in [9.17, 15) is 0 Å². The number of nitrogens with zero attached hydrogens (tertiary/aromatic N) is 3. The number of morpholine rings is 1. The van der Waals surface area contributed by atoms with E-state index >= 15 is 0 Å². The lowest BCUT2D eigenvalue weighted by molar-refractivity contribution is 0.0959. The number of ether oxygens (including phenoxy) is 2. The summed E-state index contributed by atoms with van der Waals surface area (Å²) in [5.41, 5.74) is 2.93. The third kappa shape index (κ3) is 2.23. The smallest absolute Gasteiger partial charge is 0.163 e. The topological polar surface area (TPSA) is 75.3 Å². The van der Waals surface area contributed by atoms with Crippen LogP contribution in [0.15, 0.2) is 30.6 Å². The van der Waals surface area contributed by atoms with Gasteiger partial charge in [-0.15, -0.1) is 0 Å². The van der Waals surface area contributed by atoms with Crippen molar-refractivity contribution in [2.24, 2.45) is 0 Å². The van der Waals surface area contributed by atoms with Crippen LogP contribution in [0.4, 0.5) is 11.5 Å². The SMILES string of the molecule is COc1cccc2c(-c3ncc4c(n3)N3CCOCC3CN4)c[nH]c12. The standard InChI is InChI=1S/C18H19N5O2/c1-24-15-4-2-3-12-13(8-20-16(12)15)17-21-9-14-18(22-17)23-5-6-25-10-11(23)7-19-14/h2-4,8-9,11,19-20H,5-7,10H2,1H3. The minimum atomic E-state index is 0.326. The van der Waals surface area contributed by atoms with Crippen molar-refractivity contribution in [3.05, 3.63) is 30.6 Å². The molecule has 2 aliphatic heterocycles. The highest BCUT2D eigenvalue weighted by Crippen LogP contribution is 2.35. The molecule has 2 N–H and O–H groups in total. The molecule has 1 unspecified atom stereocenters. The first kappa shape index (κ1) is 14.5. The number of hydrogen-bond acceptors (Lipinski definition) is 6. The maximum absolute atomic E-state index is 5.60. The van der Waals surface area contributed by atoms with E-state index in [4.69, 9.17) is 14.5 Å². The summed E-state index contributed by atoms with van der Waals surface area (Å²) < 4.78 is 11.0.